The molecule has 1 fully saturated rings. The van der Waals surface area contributed by atoms with Gasteiger partial charge in [0.1, 0.15) is 5.76 Å². The Morgan fingerprint density at radius 2 is 1.97 bits per heavy atom. The highest BCUT2D eigenvalue weighted by molar-refractivity contribution is 6.46. The summed E-state index contributed by atoms with van der Waals surface area (Å²) in [4.78, 5) is 29.3. The Kier molecular flexibility index (Phi) is 5.82. The molecular weight excluding hydrogens is 392 g/mol. The minimum absolute atomic E-state index is 0.0650. The third-order valence-corrected chi connectivity index (χ3v) is 5.47. The lowest BCUT2D eigenvalue weighted by Crippen LogP contribution is -2.35. The number of ketones is 1. The van der Waals surface area contributed by atoms with Crippen LogP contribution < -0.4 is 0 Å². The summed E-state index contributed by atoms with van der Waals surface area (Å²) >= 11 is 6.18. The van der Waals surface area contributed by atoms with E-state index in [9.17, 15) is 14.7 Å². The van der Waals surface area contributed by atoms with Gasteiger partial charge in [-0.3, -0.25) is 14.3 Å². The van der Waals surface area contributed by atoms with Crippen LogP contribution in [0.3, 0.4) is 0 Å². The number of Topliss-reactive ketones (excluding diaryl/α,β-unsaturated/α-hetero) is 1. The normalized spacial score (nSPS) is 18.9. The summed E-state index contributed by atoms with van der Waals surface area (Å²) in [5, 5.41) is 16.0. The fourth-order valence-electron chi connectivity index (χ4n) is 3.69. The topological polar surface area (TPSA) is 78.7 Å². The van der Waals surface area contributed by atoms with Crippen molar-refractivity contribution in [2.75, 3.05) is 27.2 Å². The SMILES string of the molecule is Cc1nn(C)c(C)c1C(O)=C1C(=O)C(=O)N(CCN(C)C)C1c1cccc(Cl)c1. The molecule has 1 aliphatic rings. The molecule has 2 heterocycles. The van der Waals surface area contributed by atoms with Crippen LogP contribution in [0.5, 0.6) is 0 Å². The molecule has 8 heteroatoms. The quantitative estimate of drug-likeness (QED) is 0.460. The van der Waals surface area contributed by atoms with Gasteiger partial charge in [0.05, 0.1) is 22.9 Å². The van der Waals surface area contributed by atoms with Crippen molar-refractivity contribution in [3.05, 3.63) is 57.4 Å². The predicted octanol–water partition coefficient (Wildman–Crippen LogP) is 2.67. The summed E-state index contributed by atoms with van der Waals surface area (Å²) in [6.07, 6.45) is 0. The van der Waals surface area contributed by atoms with Crippen LogP contribution in [0.1, 0.15) is 28.6 Å². The number of aryl methyl sites for hydroxylation is 2. The van der Waals surface area contributed by atoms with Gasteiger partial charge in [0.2, 0.25) is 0 Å². The molecule has 1 N–H and O–H groups in total. The molecule has 2 aromatic rings. The molecule has 154 valence electrons. The second-order valence-electron chi connectivity index (χ2n) is 7.52. The zero-order valence-corrected chi connectivity index (χ0v) is 18.0. The second kappa shape index (κ2) is 8.00. The number of benzene rings is 1. The van der Waals surface area contributed by atoms with Crippen molar-refractivity contribution in [2.45, 2.75) is 19.9 Å². The van der Waals surface area contributed by atoms with E-state index in [0.29, 0.717) is 40.6 Å². The van der Waals surface area contributed by atoms with Gasteiger partial charge in [0, 0.05) is 30.9 Å². The number of hydrogen-bond acceptors (Lipinski definition) is 5. The van der Waals surface area contributed by atoms with E-state index in [1.54, 1.807) is 42.9 Å². The van der Waals surface area contributed by atoms with Gasteiger partial charge in [-0.2, -0.15) is 5.10 Å². The molecule has 1 saturated heterocycles. The number of aliphatic hydroxyl groups is 1. The van der Waals surface area contributed by atoms with E-state index >= 15 is 0 Å². The molecule has 0 radical (unpaired) electrons. The lowest BCUT2D eigenvalue weighted by atomic mass is 9.94. The number of carbonyl (C=O) groups is 2. The van der Waals surface area contributed by atoms with Crippen LogP contribution in [-0.2, 0) is 16.6 Å². The van der Waals surface area contributed by atoms with Gasteiger partial charge < -0.3 is 14.9 Å². The van der Waals surface area contributed by atoms with Crippen LogP contribution in [0, 0.1) is 13.8 Å². The first kappa shape index (κ1) is 21.1. The lowest BCUT2D eigenvalue weighted by molar-refractivity contribution is -0.140. The van der Waals surface area contributed by atoms with E-state index in [1.807, 2.05) is 25.9 Å². The maximum atomic E-state index is 13.0. The molecule has 1 unspecified atom stereocenters. The molecule has 1 amide bonds. The maximum Gasteiger partial charge on any atom is 0.295 e. The first-order chi connectivity index (χ1) is 13.6. The smallest absolute Gasteiger partial charge is 0.295 e. The van der Waals surface area contributed by atoms with E-state index in [0.717, 1.165) is 0 Å². The molecular formula is C21H25ClN4O3. The molecule has 1 atom stereocenters. The van der Waals surface area contributed by atoms with E-state index in [2.05, 4.69) is 5.10 Å². The summed E-state index contributed by atoms with van der Waals surface area (Å²) in [6.45, 7) is 4.50. The van der Waals surface area contributed by atoms with Gasteiger partial charge in [-0.25, -0.2) is 0 Å². The van der Waals surface area contributed by atoms with Crippen LogP contribution in [0.2, 0.25) is 5.02 Å². The Morgan fingerprint density at radius 3 is 2.52 bits per heavy atom. The van der Waals surface area contributed by atoms with Crippen LogP contribution >= 0.6 is 11.6 Å². The Morgan fingerprint density at radius 1 is 1.28 bits per heavy atom. The Hall–Kier alpha value is -2.64. The van der Waals surface area contributed by atoms with Gasteiger partial charge in [0.25, 0.3) is 11.7 Å². The van der Waals surface area contributed by atoms with Crippen LogP contribution in [-0.4, -0.2) is 63.6 Å². The highest BCUT2D eigenvalue weighted by atomic mass is 35.5. The summed E-state index contributed by atoms with van der Waals surface area (Å²) < 4.78 is 1.64. The maximum absolute atomic E-state index is 13.0. The summed E-state index contributed by atoms with van der Waals surface area (Å²) in [7, 11) is 5.56. The van der Waals surface area contributed by atoms with Crippen molar-refractivity contribution in [3.8, 4) is 0 Å². The van der Waals surface area contributed by atoms with E-state index in [4.69, 9.17) is 11.6 Å². The molecule has 1 aromatic heterocycles. The lowest BCUT2D eigenvalue weighted by Gasteiger charge is -2.26. The van der Waals surface area contributed by atoms with E-state index in [-0.39, 0.29) is 11.3 Å². The van der Waals surface area contributed by atoms with Crippen molar-refractivity contribution in [1.82, 2.24) is 19.6 Å². The van der Waals surface area contributed by atoms with Crippen LogP contribution in [0.15, 0.2) is 29.8 Å². The monoisotopic (exact) mass is 416 g/mol. The fraction of sp³-hybridized carbons (Fsp3) is 0.381. The molecule has 7 nitrogen and oxygen atoms in total. The van der Waals surface area contributed by atoms with Crippen LogP contribution in [0.4, 0.5) is 0 Å². The fourth-order valence-corrected chi connectivity index (χ4v) is 3.89. The third-order valence-electron chi connectivity index (χ3n) is 5.24. The first-order valence-electron chi connectivity index (χ1n) is 9.32. The average Bonchev–Trinajstić information content (AvgIpc) is 3.05. The van der Waals surface area contributed by atoms with Crippen molar-refractivity contribution in [3.63, 3.8) is 0 Å². The van der Waals surface area contributed by atoms with E-state index < -0.39 is 17.7 Å². The molecule has 0 bridgehead atoms. The highest BCUT2D eigenvalue weighted by Gasteiger charge is 2.46. The number of aliphatic hydroxyl groups excluding tert-OH is 1. The predicted molar refractivity (Wildman–Crippen MR) is 112 cm³/mol. The van der Waals surface area contributed by atoms with Gasteiger partial charge in [-0.15, -0.1) is 0 Å². The Labute approximate surface area is 175 Å². The standard InChI is InChI=1S/C21H25ClN4O3/c1-12-16(13(2)25(5)23-12)19(27)17-18(14-7-6-8-15(22)11-14)26(10-9-24(3)4)21(29)20(17)28/h6-8,11,18,27H,9-10H2,1-5H3. The number of hydrogen-bond donors (Lipinski definition) is 1. The van der Waals surface area contributed by atoms with Crippen LogP contribution in [0.25, 0.3) is 5.76 Å². The average molecular weight is 417 g/mol. The minimum Gasteiger partial charge on any atom is -0.507 e. The van der Waals surface area contributed by atoms with Crippen molar-refractivity contribution < 1.29 is 14.7 Å². The van der Waals surface area contributed by atoms with Gasteiger partial charge >= 0.3 is 0 Å². The van der Waals surface area contributed by atoms with Gasteiger partial charge in [-0.1, -0.05) is 23.7 Å². The van der Waals surface area contributed by atoms with Gasteiger partial charge in [0.15, 0.2) is 0 Å². The number of likely N-dealkylation sites (N-methyl/N-ethyl adjacent to an activating group) is 1. The molecule has 0 aliphatic carbocycles. The van der Waals surface area contributed by atoms with Crippen molar-refractivity contribution >= 4 is 29.1 Å². The zero-order valence-electron chi connectivity index (χ0n) is 17.2. The number of halogens is 1. The number of rotatable bonds is 5. The second-order valence-corrected chi connectivity index (χ2v) is 7.96. The highest BCUT2D eigenvalue weighted by Crippen LogP contribution is 2.40. The van der Waals surface area contributed by atoms with Crippen molar-refractivity contribution in [2.24, 2.45) is 7.05 Å². The summed E-state index contributed by atoms with van der Waals surface area (Å²) in [6, 6.07) is 6.31. The Bertz CT molecular complexity index is 1010. The largest absolute Gasteiger partial charge is 0.507 e. The summed E-state index contributed by atoms with van der Waals surface area (Å²) in [5.41, 5.74) is 2.52. The molecule has 29 heavy (non-hydrogen) atoms. The summed E-state index contributed by atoms with van der Waals surface area (Å²) in [5.74, 6) is -1.53. The molecule has 1 aromatic carbocycles. The zero-order chi connectivity index (χ0) is 21.5. The third kappa shape index (κ3) is 3.80. The minimum atomic E-state index is -0.715. The molecule has 3 rings (SSSR count). The molecule has 0 spiro atoms. The number of likely N-dealkylation sites (tertiary alicyclic amines) is 1. The molecule has 0 saturated carbocycles. The Balaban J connectivity index is 2.22. The number of nitrogens with zero attached hydrogens (tertiary/aromatic N) is 4. The number of carbonyl (C=O) groups excluding carboxylic acids is 2. The number of amides is 1. The van der Waals surface area contributed by atoms with Crippen molar-refractivity contribution in [1.29, 1.82) is 0 Å². The first-order valence-corrected chi connectivity index (χ1v) is 9.70. The van der Waals surface area contributed by atoms with E-state index in [1.165, 1.54) is 4.90 Å². The molecule has 1 aliphatic heterocycles. The number of aromatic nitrogens is 2. The van der Waals surface area contributed by atoms with Gasteiger partial charge in [-0.05, 0) is 45.6 Å².